The van der Waals surface area contributed by atoms with Crippen molar-refractivity contribution in [3.63, 3.8) is 0 Å². The Labute approximate surface area is 160 Å². The Balaban J connectivity index is 1.74. The molecule has 0 bridgehead atoms. The summed E-state index contributed by atoms with van der Waals surface area (Å²) in [5.74, 6) is -2.76. The van der Waals surface area contributed by atoms with Crippen molar-refractivity contribution in [2.75, 3.05) is 13.2 Å². The first-order valence-electron chi connectivity index (χ1n) is 8.10. The van der Waals surface area contributed by atoms with Crippen LogP contribution in [0.2, 0.25) is 5.02 Å². The molecule has 0 fully saturated rings. The molecule has 0 unspecified atom stereocenters. The summed E-state index contributed by atoms with van der Waals surface area (Å²) in [6.07, 6.45) is 0. The molecule has 0 aliphatic carbocycles. The maximum absolute atomic E-state index is 13.5. The fourth-order valence-corrected chi connectivity index (χ4v) is 2.43. The SMILES string of the molecule is C[C@H](NC(=O)COC(=O)CNC(=O)c1ccccc1F)c1cccc(Cl)c1. The molecule has 0 saturated carbocycles. The van der Waals surface area contributed by atoms with E-state index in [1.807, 2.05) is 0 Å². The first-order valence-corrected chi connectivity index (χ1v) is 8.48. The number of hydrogen-bond donors (Lipinski definition) is 2. The van der Waals surface area contributed by atoms with Crippen molar-refractivity contribution < 1.29 is 23.5 Å². The van der Waals surface area contributed by atoms with Crippen LogP contribution in [0.15, 0.2) is 48.5 Å². The van der Waals surface area contributed by atoms with Crippen molar-refractivity contribution in [3.05, 3.63) is 70.5 Å². The fraction of sp³-hybridized carbons (Fsp3) is 0.211. The molecule has 2 aromatic carbocycles. The topological polar surface area (TPSA) is 84.5 Å². The number of hydrogen-bond acceptors (Lipinski definition) is 4. The average molecular weight is 393 g/mol. The number of benzene rings is 2. The van der Waals surface area contributed by atoms with Gasteiger partial charge in [-0.3, -0.25) is 14.4 Å². The van der Waals surface area contributed by atoms with Crippen LogP contribution in [0.3, 0.4) is 0 Å². The van der Waals surface area contributed by atoms with E-state index in [2.05, 4.69) is 10.6 Å². The van der Waals surface area contributed by atoms with Crippen molar-refractivity contribution in [2.24, 2.45) is 0 Å². The predicted molar refractivity (Wildman–Crippen MR) is 97.7 cm³/mol. The zero-order valence-corrected chi connectivity index (χ0v) is 15.3. The zero-order chi connectivity index (χ0) is 19.8. The Hall–Kier alpha value is -2.93. The molecule has 6 nitrogen and oxygen atoms in total. The molecule has 0 spiro atoms. The highest BCUT2D eigenvalue weighted by atomic mass is 35.5. The molecule has 2 N–H and O–H groups in total. The van der Waals surface area contributed by atoms with Gasteiger partial charge in [0, 0.05) is 5.02 Å². The molecule has 0 heterocycles. The van der Waals surface area contributed by atoms with Crippen molar-refractivity contribution in [2.45, 2.75) is 13.0 Å². The van der Waals surface area contributed by atoms with Crippen molar-refractivity contribution in [3.8, 4) is 0 Å². The molecule has 27 heavy (non-hydrogen) atoms. The van der Waals surface area contributed by atoms with E-state index in [1.165, 1.54) is 18.2 Å². The van der Waals surface area contributed by atoms with Gasteiger partial charge in [-0.25, -0.2) is 4.39 Å². The molecule has 8 heteroatoms. The van der Waals surface area contributed by atoms with Crippen LogP contribution in [0.25, 0.3) is 0 Å². The molecule has 2 amide bonds. The van der Waals surface area contributed by atoms with Gasteiger partial charge in [-0.15, -0.1) is 0 Å². The van der Waals surface area contributed by atoms with Gasteiger partial charge < -0.3 is 15.4 Å². The number of ether oxygens (including phenoxy) is 1. The molecular weight excluding hydrogens is 375 g/mol. The van der Waals surface area contributed by atoms with E-state index < -0.39 is 36.8 Å². The number of halogens is 2. The van der Waals surface area contributed by atoms with E-state index in [1.54, 1.807) is 31.2 Å². The number of amides is 2. The molecule has 0 saturated heterocycles. The summed E-state index contributed by atoms with van der Waals surface area (Å²) >= 11 is 5.90. The van der Waals surface area contributed by atoms with Crippen LogP contribution < -0.4 is 10.6 Å². The van der Waals surface area contributed by atoms with Crippen molar-refractivity contribution >= 4 is 29.4 Å². The lowest BCUT2D eigenvalue weighted by molar-refractivity contribution is -0.147. The summed E-state index contributed by atoms with van der Waals surface area (Å²) in [6, 6.07) is 12.1. The van der Waals surface area contributed by atoms with Gasteiger partial charge in [-0.05, 0) is 36.8 Å². The van der Waals surface area contributed by atoms with Gasteiger partial charge in [0.1, 0.15) is 12.4 Å². The van der Waals surface area contributed by atoms with E-state index in [4.69, 9.17) is 16.3 Å². The number of rotatable bonds is 7. The van der Waals surface area contributed by atoms with Gasteiger partial charge >= 0.3 is 5.97 Å². The quantitative estimate of drug-likeness (QED) is 0.709. The predicted octanol–water partition coefficient (Wildman–Crippen LogP) is 2.63. The van der Waals surface area contributed by atoms with Gasteiger partial charge in [0.2, 0.25) is 0 Å². The van der Waals surface area contributed by atoms with Gasteiger partial charge in [0.05, 0.1) is 11.6 Å². The second kappa shape index (κ2) is 9.68. The lowest BCUT2D eigenvalue weighted by Crippen LogP contribution is -2.35. The van der Waals surface area contributed by atoms with Gasteiger partial charge in [-0.1, -0.05) is 35.9 Å². The van der Waals surface area contributed by atoms with Crippen molar-refractivity contribution in [1.82, 2.24) is 10.6 Å². The van der Waals surface area contributed by atoms with E-state index in [9.17, 15) is 18.8 Å². The second-order valence-corrected chi connectivity index (χ2v) is 6.10. The minimum atomic E-state index is -0.815. The summed E-state index contributed by atoms with van der Waals surface area (Å²) in [6.45, 7) is 0.781. The number of carbonyl (C=O) groups is 3. The number of esters is 1. The summed E-state index contributed by atoms with van der Waals surface area (Å²) in [5.41, 5.74) is 0.623. The Bertz CT molecular complexity index is 844. The third-order valence-corrected chi connectivity index (χ3v) is 3.84. The first kappa shape index (κ1) is 20.4. The smallest absolute Gasteiger partial charge is 0.325 e. The van der Waals surface area contributed by atoms with E-state index in [0.29, 0.717) is 5.02 Å². The van der Waals surface area contributed by atoms with E-state index >= 15 is 0 Å². The highest BCUT2D eigenvalue weighted by molar-refractivity contribution is 6.30. The van der Waals surface area contributed by atoms with Gasteiger partial charge in [0.25, 0.3) is 11.8 Å². The largest absolute Gasteiger partial charge is 0.454 e. The third-order valence-electron chi connectivity index (χ3n) is 3.60. The standard InChI is InChI=1S/C19H18ClFN2O4/c1-12(13-5-4-6-14(20)9-13)23-17(24)11-27-18(25)10-22-19(26)15-7-2-3-8-16(15)21/h2-9,12H,10-11H2,1H3,(H,22,26)(H,23,24)/t12-/m0/s1. The summed E-state index contributed by atoms with van der Waals surface area (Å²) in [7, 11) is 0. The Morgan fingerprint density at radius 2 is 1.89 bits per heavy atom. The fourth-order valence-electron chi connectivity index (χ4n) is 2.23. The van der Waals surface area contributed by atoms with E-state index in [0.717, 1.165) is 11.6 Å². The van der Waals surface area contributed by atoms with Crippen LogP contribution >= 0.6 is 11.6 Å². The Morgan fingerprint density at radius 3 is 2.59 bits per heavy atom. The minimum Gasteiger partial charge on any atom is -0.454 e. The zero-order valence-electron chi connectivity index (χ0n) is 14.5. The molecule has 1 atom stereocenters. The highest BCUT2D eigenvalue weighted by Crippen LogP contribution is 2.17. The number of carbonyl (C=O) groups excluding carboxylic acids is 3. The van der Waals surface area contributed by atoms with Crippen LogP contribution in [-0.2, 0) is 14.3 Å². The molecule has 0 aromatic heterocycles. The first-order chi connectivity index (χ1) is 12.9. The molecule has 0 aliphatic heterocycles. The molecule has 2 rings (SSSR count). The average Bonchev–Trinajstić information content (AvgIpc) is 2.64. The van der Waals surface area contributed by atoms with Gasteiger partial charge in [0.15, 0.2) is 6.61 Å². The molecule has 2 aromatic rings. The molecular formula is C19H18ClFN2O4. The molecule has 142 valence electrons. The van der Waals surface area contributed by atoms with Gasteiger partial charge in [-0.2, -0.15) is 0 Å². The lowest BCUT2D eigenvalue weighted by Gasteiger charge is -2.14. The maximum atomic E-state index is 13.5. The Kier molecular flexibility index (Phi) is 7.31. The van der Waals surface area contributed by atoms with E-state index in [-0.39, 0.29) is 11.6 Å². The third kappa shape index (κ3) is 6.38. The van der Waals surface area contributed by atoms with Crippen LogP contribution in [0.1, 0.15) is 28.9 Å². The Morgan fingerprint density at radius 1 is 1.15 bits per heavy atom. The monoisotopic (exact) mass is 392 g/mol. The van der Waals surface area contributed by atoms with Crippen molar-refractivity contribution in [1.29, 1.82) is 0 Å². The summed E-state index contributed by atoms with van der Waals surface area (Å²) < 4.78 is 18.3. The van der Waals surface area contributed by atoms with Crippen LogP contribution in [0, 0.1) is 5.82 Å². The van der Waals surface area contributed by atoms with Crippen LogP contribution in [-0.4, -0.2) is 30.9 Å². The highest BCUT2D eigenvalue weighted by Gasteiger charge is 2.15. The number of nitrogens with one attached hydrogen (secondary N) is 2. The summed E-state index contributed by atoms with van der Waals surface area (Å²) in [5, 5.41) is 5.45. The summed E-state index contributed by atoms with van der Waals surface area (Å²) in [4.78, 5) is 35.3. The van der Waals surface area contributed by atoms with Crippen LogP contribution in [0.5, 0.6) is 0 Å². The second-order valence-electron chi connectivity index (χ2n) is 5.67. The lowest BCUT2D eigenvalue weighted by atomic mass is 10.1. The maximum Gasteiger partial charge on any atom is 0.325 e. The molecule has 0 radical (unpaired) electrons. The normalized spacial score (nSPS) is 11.4. The van der Waals surface area contributed by atoms with Crippen LogP contribution in [0.4, 0.5) is 4.39 Å². The minimum absolute atomic E-state index is 0.182. The molecule has 0 aliphatic rings.